The number of nitrogens with zero attached hydrogens (tertiary/aromatic N) is 1. The van der Waals surface area contributed by atoms with Gasteiger partial charge in [0.05, 0.1) is 16.9 Å². The highest BCUT2D eigenvalue weighted by atomic mass is 35.5. The molecule has 0 aliphatic rings. The van der Waals surface area contributed by atoms with Crippen molar-refractivity contribution in [2.24, 2.45) is 5.73 Å². The Hall–Kier alpha value is -1.39. The van der Waals surface area contributed by atoms with Crippen LogP contribution in [0.2, 0.25) is 5.02 Å². The van der Waals surface area contributed by atoms with Crippen molar-refractivity contribution >= 4 is 11.6 Å². The third-order valence-corrected chi connectivity index (χ3v) is 3.25. The molecule has 3 N–H and O–H groups in total. The number of hydrogen-bond acceptors (Lipinski definition) is 2. The molecule has 0 saturated heterocycles. The summed E-state index contributed by atoms with van der Waals surface area (Å²) in [7, 11) is 0. The quantitative estimate of drug-likeness (QED) is 0.898. The predicted molar refractivity (Wildman–Crippen MR) is 71.1 cm³/mol. The molecular weight excluding hydrogens is 253 g/mol. The number of aromatic nitrogens is 2. The van der Waals surface area contributed by atoms with Gasteiger partial charge in [0.1, 0.15) is 11.6 Å². The highest BCUT2D eigenvalue weighted by molar-refractivity contribution is 6.31. The Bertz CT molecular complexity index is 563. The van der Waals surface area contributed by atoms with Gasteiger partial charge in [-0.05, 0) is 18.2 Å². The Balaban J connectivity index is 2.38. The molecule has 5 heteroatoms. The minimum atomic E-state index is -0.428. The van der Waals surface area contributed by atoms with Crippen LogP contribution in [0.25, 0.3) is 11.3 Å². The van der Waals surface area contributed by atoms with Crippen LogP contribution in [0.5, 0.6) is 0 Å². The summed E-state index contributed by atoms with van der Waals surface area (Å²) in [6, 6.07) is 4.57. The lowest BCUT2D eigenvalue weighted by Crippen LogP contribution is -2.29. The zero-order valence-electron chi connectivity index (χ0n) is 10.3. The Morgan fingerprint density at radius 1 is 1.44 bits per heavy atom. The van der Waals surface area contributed by atoms with Crippen molar-refractivity contribution in [2.45, 2.75) is 19.3 Å². The van der Waals surface area contributed by atoms with Gasteiger partial charge < -0.3 is 10.7 Å². The maximum Gasteiger partial charge on any atom is 0.141 e. The van der Waals surface area contributed by atoms with E-state index in [1.165, 1.54) is 6.07 Å². The second-order valence-electron chi connectivity index (χ2n) is 4.86. The van der Waals surface area contributed by atoms with Gasteiger partial charge in [0.15, 0.2) is 0 Å². The summed E-state index contributed by atoms with van der Waals surface area (Å²) in [4.78, 5) is 7.51. The molecular formula is C13H15ClFN3. The summed E-state index contributed by atoms with van der Waals surface area (Å²) in [6.45, 7) is 4.50. The van der Waals surface area contributed by atoms with E-state index >= 15 is 0 Å². The molecule has 0 saturated carbocycles. The first kappa shape index (κ1) is 13.1. The lowest BCUT2D eigenvalue weighted by atomic mass is 9.93. The van der Waals surface area contributed by atoms with Gasteiger partial charge in [-0.25, -0.2) is 9.37 Å². The van der Waals surface area contributed by atoms with Gasteiger partial charge in [-0.2, -0.15) is 0 Å². The summed E-state index contributed by atoms with van der Waals surface area (Å²) in [5.74, 6) is 0.378. The zero-order chi connectivity index (χ0) is 13.3. The Labute approximate surface area is 110 Å². The third kappa shape index (κ3) is 2.40. The van der Waals surface area contributed by atoms with Crippen LogP contribution in [0.1, 0.15) is 19.7 Å². The molecule has 1 heterocycles. The molecule has 96 valence electrons. The molecule has 1 aromatic carbocycles. The Kier molecular flexibility index (Phi) is 3.41. The maximum atomic E-state index is 13.1. The van der Waals surface area contributed by atoms with Crippen LogP contribution in [0.4, 0.5) is 4.39 Å². The van der Waals surface area contributed by atoms with Crippen molar-refractivity contribution in [2.75, 3.05) is 6.54 Å². The van der Waals surface area contributed by atoms with Crippen LogP contribution in [-0.2, 0) is 5.41 Å². The van der Waals surface area contributed by atoms with E-state index in [4.69, 9.17) is 17.3 Å². The molecule has 0 amide bonds. The number of nitrogens with two attached hydrogens (primary N) is 1. The molecule has 2 aromatic rings. The number of H-pyrrole nitrogens is 1. The van der Waals surface area contributed by atoms with Crippen molar-refractivity contribution in [3.05, 3.63) is 41.1 Å². The fourth-order valence-electron chi connectivity index (χ4n) is 1.57. The molecule has 0 aliphatic heterocycles. The van der Waals surface area contributed by atoms with Crippen LogP contribution >= 0.6 is 11.6 Å². The monoisotopic (exact) mass is 267 g/mol. The van der Waals surface area contributed by atoms with E-state index in [0.29, 0.717) is 6.54 Å². The number of benzene rings is 1. The number of hydrogen-bond donors (Lipinski definition) is 2. The summed E-state index contributed by atoms with van der Waals surface area (Å²) in [5, 5.41) is 0.0988. The fourth-order valence-corrected chi connectivity index (χ4v) is 1.75. The number of halogens is 2. The first-order valence-corrected chi connectivity index (χ1v) is 6.03. The highest BCUT2D eigenvalue weighted by Crippen LogP contribution is 2.26. The van der Waals surface area contributed by atoms with Crippen LogP contribution < -0.4 is 5.73 Å². The van der Waals surface area contributed by atoms with Gasteiger partial charge in [-0.15, -0.1) is 0 Å². The molecule has 0 spiro atoms. The number of aromatic amines is 1. The van der Waals surface area contributed by atoms with Gasteiger partial charge in [0.25, 0.3) is 0 Å². The second-order valence-corrected chi connectivity index (χ2v) is 5.27. The molecule has 0 radical (unpaired) electrons. The number of rotatable bonds is 3. The summed E-state index contributed by atoms with van der Waals surface area (Å²) < 4.78 is 13.1. The molecule has 0 unspecified atom stereocenters. The van der Waals surface area contributed by atoms with E-state index in [1.807, 2.05) is 13.8 Å². The number of imidazole rings is 1. The molecule has 0 bridgehead atoms. The van der Waals surface area contributed by atoms with Gasteiger partial charge in [0.2, 0.25) is 0 Å². The smallest absolute Gasteiger partial charge is 0.141 e. The van der Waals surface area contributed by atoms with E-state index in [0.717, 1.165) is 17.1 Å². The molecule has 18 heavy (non-hydrogen) atoms. The van der Waals surface area contributed by atoms with Crippen molar-refractivity contribution in [1.82, 2.24) is 9.97 Å². The van der Waals surface area contributed by atoms with Gasteiger partial charge in [-0.3, -0.25) is 0 Å². The van der Waals surface area contributed by atoms with Crippen molar-refractivity contribution < 1.29 is 4.39 Å². The predicted octanol–water partition coefficient (Wildman–Crippen LogP) is 3.11. The normalized spacial score (nSPS) is 11.8. The van der Waals surface area contributed by atoms with Crippen LogP contribution in [-0.4, -0.2) is 16.5 Å². The van der Waals surface area contributed by atoms with Gasteiger partial charge in [-0.1, -0.05) is 25.4 Å². The topological polar surface area (TPSA) is 54.7 Å². The minimum absolute atomic E-state index is 0.0988. The first-order chi connectivity index (χ1) is 8.44. The molecule has 0 atom stereocenters. The lowest BCUT2D eigenvalue weighted by molar-refractivity contribution is 0.508. The van der Waals surface area contributed by atoms with Crippen molar-refractivity contribution in [3.8, 4) is 11.3 Å². The van der Waals surface area contributed by atoms with Crippen molar-refractivity contribution in [3.63, 3.8) is 0 Å². The van der Waals surface area contributed by atoms with E-state index < -0.39 is 5.82 Å². The Morgan fingerprint density at radius 3 is 2.78 bits per heavy atom. The second kappa shape index (κ2) is 4.71. The fraction of sp³-hybridized carbons (Fsp3) is 0.308. The zero-order valence-corrected chi connectivity index (χ0v) is 11.1. The lowest BCUT2D eigenvalue weighted by Gasteiger charge is -2.18. The summed E-state index contributed by atoms with van der Waals surface area (Å²) >= 11 is 5.76. The third-order valence-electron chi connectivity index (χ3n) is 2.96. The number of nitrogens with one attached hydrogen (secondary N) is 1. The molecule has 0 fully saturated rings. The van der Waals surface area contributed by atoms with Gasteiger partial charge in [0, 0.05) is 17.5 Å². The highest BCUT2D eigenvalue weighted by Gasteiger charge is 2.22. The summed E-state index contributed by atoms with van der Waals surface area (Å²) in [5.41, 5.74) is 7.08. The first-order valence-electron chi connectivity index (χ1n) is 5.65. The van der Waals surface area contributed by atoms with Crippen LogP contribution in [0.3, 0.4) is 0 Å². The van der Waals surface area contributed by atoms with E-state index in [2.05, 4.69) is 9.97 Å². The Morgan fingerprint density at radius 2 is 2.17 bits per heavy atom. The SMILES string of the molecule is CC(C)(CN)c1ncc(-c2ccc(F)c(Cl)c2)[nH]1. The molecule has 2 rings (SSSR count). The summed E-state index contributed by atoms with van der Waals surface area (Å²) in [6.07, 6.45) is 1.70. The van der Waals surface area contributed by atoms with E-state index in [9.17, 15) is 4.39 Å². The van der Waals surface area contributed by atoms with Crippen LogP contribution in [0, 0.1) is 5.82 Å². The molecule has 0 aliphatic carbocycles. The standard InChI is InChI=1S/C13H15ClFN3/c1-13(2,7-16)12-17-6-11(18-12)8-3-4-10(15)9(14)5-8/h3-6H,7,16H2,1-2H3,(H,17,18). The maximum absolute atomic E-state index is 13.1. The van der Waals surface area contributed by atoms with Gasteiger partial charge >= 0.3 is 0 Å². The molecule has 3 nitrogen and oxygen atoms in total. The largest absolute Gasteiger partial charge is 0.342 e. The van der Waals surface area contributed by atoms with Crippen molar-refractivity contribution in [1.29, 1.82) is 0 Å². The molecule has 1 aromatic heterocycles. The van der Waals surface area contributed by atoms with E-state index in [-0.39, 0.29) is 10.4 Å². The van der Waals surface area contributed by atoms with Crippen LogP contribution in [0.15, 0.2) is 24.4 Å². The average Bonchev–Trinajstić information content (AvgIpc) is 2.83. The average molecular weight is 268 g/mol. The van der Waals surface area contributed by atoms with E-state index in [1.54, 1.807) is 18.3 Å². The minimum Gasteiger partial charge on any atom is -0.342 e.